The van der Waals surface area contributed by atoms with Gasteiger partial charge in [0.25, 0.3) is 0 Å². The van der Waals surface area contributed by atoms with E-state index in [4.69, 9.17) is 19.5 Å². The summed E-state index contributed by atoms with van der Waals surface area (Å²) in [5.74, 6) is -1.10. The largest absolute Gasteiger partial charge is 0.481 e. The number of hydrogen-bond donors (Lipinski definition) is 9. The minimum absolute atomic E-state index is 0.0182. The Morgan fingerprint density at radius 3 is 2.41 bits per heavy atom. The Morgan fingerprint density at radius 2 is 1.72 bits per heavy atom. The number of anilines is 1. The van der Waals surface area contributed by atoms with Crippen LogP contribution in [0.4, 0.5) is 5.82 Å². The van der Waals surface area contributed by atoms with Crippen LogP contribution in [-0.4, -0.2) is 123 Å². The summed E-state index contributed by atoms with van der Waals surface area (Å²) in [6.45, 7) is 2.52. The van der Waals surface area contributed by atoms with Crippen LogP contribution in [0.15, 0.2) is 37.0 Å². The van der Waals surface area contributed by atoms with Gasteiger partial charge in [-0.1, -0.05) is 56.8 Å². The molecule has 0 aliphatic carbocycles. The predicted octanol–water partition coefficient (Wildman–Crippen LogP) is 0.967. The van der Waals surface area contributed by atoms with E-state index < -0.39 is 84.6 Å². The van der Waals surface area contributed by atoms with Crippen molar-refractivity contribution in [3.63, 3.8) is 0 Å². The van der Waals surface area contributed by atoms with Gasteiger partial charge in [0.15, 0.2) is 22.8 Å². The molecular weight excluding hydrogens is 855 g/mol. The van der Waals surface area contributed by atoms with Gasteiger partial charge in [-0.15, -0.1) is 0 Å². The molecule has 10 N–H and O–H groups in total. The van der Waals surface area contributed by atoms with E-state index in [0.717, 1.165) is 35.4 Å². The van der Waals surface area contributed by atoms with E-state index in [1.807, 2.05) is 31.2 Å². The number of nitrogens with zero attached hydrogens (tertiary/aromatic N) is 4. The van der Waals surface area contributed by atoms with Crippen molar-refractivity contribution in [1.29, 1.82) is 0 Å². The van der Waals surface area contributed by atoms with Gasteiger partial charge in [-0.25, -0.2) is 28.6 Å². The topological polar surface area (TPSA) is 364 Å². The molecule has 7 unspecified atom stereocenters. The van der Waals surface area contributed by atoms with Crippen molar-refractivity contribution in [2.75, 3.05) is 37.8 Å². The summed E-state index contributed by atoms with van der Waals surface area (Å²) >= 11 is 1.09. The van der Waals surface area contributed by atoms with Crippen LogP contribution in [0.25, 0.3) is 11.2 Å². The van der Waals surface area contributed by atoms with E-state index in [2.05, 4.69) is 34.4 Å². The number of rotatable bonds is 24. The fourth-order valence-corrected chi connectivity index (χ4v) is 8.48. The Hall–Kier alpha value is -2.96. The van der Waals surface area contributed by atoms with Crippen LogP contribution in [0.3, 0.4) is 0 Å². The molecule has 24 nitrogen and oxygen atoms in total. The Bertz CT molecular complexity index is 1930. The highest BCUT2D eigenvalue weighted by Gasteiger charge is 2.50. The number of nitrogen functional groups attached to an aromatic ring is 1. The van der Waals surface area contributed by atoms with Crippen LogP contribution < -0.4 is 16.4 Å². The molecule has 1 aliphatic heterocycles. The fraction of sp³-hybridized carbons (Fsp3) is 0.600. The molecule has 2 aromatic rings. The molecule has 2 aromatic heterocycles. The first-order chi connectivity index (χ1) is 27.1. The molecule has 0 radical (unpaired) electrons. The maximum absolute atomic E-state index is 12.7. The van der Waals surface area contributed by atoms with Crippen LogP contribution in [0, 0.1) is 5.41 Å². The lowest BCUT2D eigenvalue weighted by Gasteiger charge is -2.30. The highest BCUT2D eigenvalue weighted by atomic mass is 32.2. The van der Waals surface area contributed by atoms with Gasteiger partial charge in [-0.2, -0.15) is 4.31 Å². The molecule has 1 saturated heterocycles. The molecule has 2 amide bonds. The number of hydrogen-bond acceptors (Lipinski definition) is 18. The van der Waals surface area contributed by atoms with Gasteiger partial charge in [-0.3, -0.25) is 32.5 Å². The molecule has 3 heterocycles. The molecule has 3 rings (SSSR count). The second kappa shape index (κ2) is 22.0. The monoisotopic (exact) mass is 903 g/mol. The number of ether oxygens (including phenoxy) is 1. The van der Waals surface area contributed by atoms with Crippen LogP contribution in [0.1, 0.15) is 52.7 Å². The lowest BCUT2D eigenvalue weighted by molar-refractivity contribution is -0.137. The minimum Gasteiger partial charge on any atom is -0.386 e. The van der Waals surface area contributed by atoms with Gasteiger partial charge >= 0.3 is 23.5 Å². The van der Waals surface area contributed by atoms with Crippen molar-refractivity contribution in [3.05, 3.63) is 37.0 Å². The molecule has 0 spiro atoms. The number of thioether (sulfide) groups is 1. The zero-order valence-corrected chi connectivity index (χ0v) is 35.0. The molecule has 0 saturated carbocycles. The van der Waals surface area contributed by atoms with Gasteiger partial charge in [0.1, 0.15) is 36.3 Å². The highest BCUT2D eigenvalue weighted by molar-refractivity contribution is 8.13. The lowest BCUT2D eigenvalue weighted by Crippen LogP contribution is -2.46. The Labute approximate surface area is 336 Å². The van der Waals surface area contributed by atoms with E-state index in [1.165, 1.54) is 13.8 Å². The summed E-state index contributed by atoms with van der Waals surface area (Å²) in [6.07, 6.45) is 2.64. The lowest BCUT2D eigenvalue weighted by atomic mass is 9.87. The summed E-state index contributed by atoms with van der Waals surface area (Å²) < 4.78 is 62.1. The molecule has 326 valence electrons. The Kier molecular flexibility index (Phi) is 18.8. The van der Waals surface area contributed by atoms with Crippen molar-refractivity contribution in [2.45, 2.75) is 77.1 Å². The fourth-order valence-electron chi connectivity index (χ4n) is 4.96. The zero-order valence-electron chi connectivity index (χ0n) is 31.5. The minimum atomic E-state index is -5.57. The number of imidazole rings is 1. The Morgan fingerprint density at radius 1 is 1.03 bits per heavy atom. The summed E-state index contributed by atoms with van der Waals surface area (Å²) in [7, 11) is -16.4. The summed E-state index contributed by atoms with van der Waals surface area (Å²) in [4.78, 5) is 87.6. The molecule has 1 fully saturated rings. The molecule has 7 atom stereocenters. The standard InChI is InChI=1S/C30H48N7O17P3S/c1-4-5-6-7-8-9-10-21(39)58-14-13-32-20(38)11-12-33-28(42)25(41)30(2,3)16-51-57(48,49)54-56(46,47)50-15-19-24(53-55(43,44)45)23(40)29(52-19)37-18-36-22-26(31)34-17-35-27(22)37/h5-8,17-19,23-25,29,40-41H,4,9-16H2,1-3H3,(H,32,38)(H,33,42)(H,46,47)(H,48,49)(H2,31,34,35)(H2,43,44,45)/b6-5+,8-7+. The highest BCUT2D eigenvalue weighted by Crippen LogP contribution is 2.61. The quantitative estimate of drug-likeness (QED) is 0.0402. The van der Waals surface area contributed by atoms with Crippen LogP contribution in [0.5, 0.6) is 0 Å². The molecule has 0 aromatic carbocycles. The molecule has 28 heteroatoms. The number of aliphatic hydroxyl groups is 2. The van der Waals surface area contributed by atoms with Gasteiger partial charge in [0, 0.05) is 37.1 Å². The van der Waals surface area contributed by atoms with E-state index in [1.54, 1.807) is 0 Å². The molecule has 0 bridgehead atoms. The number of aromatic nitrogens is 4. The predicted molar refractivity (Wildman–Crippen MR) is 205 cm³/mol. The zero-order chi connectivity index (χ0) is 43.3. The number of phosphoric acid groups is 3. The van der Waals surface area contributed by atoms with Crippen molar-refractivity contribution in [3.8, 4) is 0 Å². The maximum atomic E-state index is 12.7. The first-order valence-electron chi connectivity index (χ1n) is 17.4. The Balaban J connectivity index is 1.45. The first kappa shape index (κ1) is 49.4. The van der Waals surface area contributed by atoms with Crippen molar-refractivity contribution in [2.24, 2.45) is 5.41 Å². The SMILES string of the molecule is CC/C=C/C=C/CCC(=O)SCCNC(=O)CCNC(=O)C(O)C(C)(C)COP(=O)(O)OP(=O)(O)OCC1OC(n2cnc3c(N)ncnc32)C(O)C1OP(=O)(O)O. The third-order valence-electron chi connectivity index (χ3n) is 7.90. The third kappa shape index (κ3) is 15.9. The third-order valence-corrected chi connectivity index (χ3v) is 11.9. The van der Waals surface area contributed by atoms with Crippen LogP contribution >= 0.6 is 35.2 Å². The number of nitrogens with two attached hydrogens (primary N) is 1. The normalized spacial score (nSPS) is 21.6. The number of amides is 2. The van der Waals surface area contributed by atoms with Crippen LogP contribution in [-0.2, 0) is 50.7 Å². The number of fused-ring (bicyclic) bond motifs is 1. The first-order valence-corrected chi connectivity index (χ1v) is 22.9. The summed E-state index contributed by atoms with van der Waals surface area (Å²) in [6, 6.07) is 0. The van der Waals surface area contributed by atoms with Gasteiger partial charge in [0.2, 0.25) is 11.8 Å². The maximum Gasteiger partial charge on any atom is 0.481 e. The van der Waals surface area contributed by atoms with E-state index in [-0.39, 0.29) is 41.6 Å². The van der Waals surface area contributed by atoms with Crippen LogP contribution in [0.2, 0.25) is 0 Å². The second-order valence-electron chi connectivity index (χ2n) is 13.1. The number of aliphatic hydroxyl groups excluding tert-OH is 2. The van der Waals surface area contributed by atoms with Gasteiger partial charge in [-0.05, 0) is 12.8 Å². The average molecular weight is 904 g/mol. The summed E-state index contributed by atoms with van der Waals surface area (Å²) in [5, 5.41) is 26.4. The van der Waals surface area contributed by atoms with E-state index in [0.29, 0.717) is 18.6 Å². The smallest absolute Gasteiger partial charge is 0.386 e. The van der Waals surface area contributed by atoms with Crippen molar-refractivity contribution in [1.82, 2.24) is 30.2 Å². The van der Waals surface area contributed by atoms with E-state index in [9.17, 15) is 57.9 Å². The number of nitrogens with one attached hydrogen (secondary N) is 2. The number of allylic oxidation sites excluding steroid dienone is 4. The molecule has 1 aliphatic rings. The number of carbonyl (C=O) groups excluding carboxylic acids is 3. The van der Waals surface area contributed by atoms with Crippen molar-refractivity contribution < 1.29 is 80.5 Å². The van der Waals surface area contributed by atoms with Gasteiger partial charge < -0.3 is 50.9 Å². The van der Waals surface area contributed by atoms with Crippen molar-refractivity contribution >= 4 is 69.1 Å². The molecular formula is C30H48N7O17P3S. The molecule has 58 heavy (non-hydrogen) atoms. The van der Waals surface area contributed by atoms with Gasteiger partial charge in [0.05, 0.1) is 19.5 Å². The number of carbonyl (C=O) groups is 3. The average Bonchev–Trinajstić information content (AvgIpc) is 3.69. The van der Waals surface area contributed by atoms with E-state index >= 15 is 0 Å². The summed E-state index contributed by atoms with van der Waals surface area (Å²) in [5.41, 5.74) is 4.26. The number of phosphoric ester groups is 3. The second-order valence-corrected chi connectivity index (χ2v) is 18.5.